The van der Waals surface area contributed by atoms with E-state index in [9.17, 15) is 14.7 Å². The lowest BCUT2D eigenvalue weighted by Gasteiger charge is -2.23. The largest absolute Gasteiger partial charge is 0.394 e. The molecule has 2 aromatic rings. The van der Waals surface area contributed by atoms with Crippen molar-refractivity contribution in [2.45, 2.75) is 44.2 Å². The summed E-state index contributed by atoms with van der Waals surface area (Å²) in [4.78, 5) is 30.4. The zero-order valence-corrected chi connectivity index (χ0v) is 13.7. The summed E-state index contributed by atoms with van der Waals surface area (Å²) in [5.74, 6) is -0.972. The topological polar surface area (TPSA) is 142 Å². The van der Waals surface area contributed by atoms with Gasteiger partial charge in [0.1, 0.15) is 23.0 Å². The van der Waals surface area contributed by atoms with Gasteiger partial charge in [0.2, 0.25) is 5.95 Å². The number of nitrogens with zero attached hydrogens (tertiary/aromatic N) is 2. The Kier molecular flexibility index (Phi) is 3.34. The molecule has 4 atom stereocenters. The van der Waals surface area contributed by atoms with Crippen LogP contribution in [0.15, 0.2) is 9.59 Å². The smallest absolute Gasteiger partial charge is 0.311 e. The molecular formula is C13H16N4O6S. The Morgan fingerprint density at radius 3 is 2.79 bits per heavy atom. The van der Waals surface area contributed by atoms with E-state index in [2.05, 4.69) is 9.97 Å². The van der Waals surface area contributed by atoms with Crippen molar-refractivity contribution in [1.82, 2.24) is 14.5 Å². The van der Waals surface area contributed by atoms with E-state index in [1.807, 2.05) is 0 Å². The first-order chi connectivity index (χ1) is 11.3. The standard InChI is InChI=1S/C13H16N4O6S/c1-13(2)22-5-4(3-18)21-10(6(5)23-13)17-8-7(24-12(17)20)9(19)16-11(14)15-8/h4-6,10,18H,3H2,1-2H3,(H3,14,15,16,19). The molecule has 4 unspecified atom stereocenters. The lowest BCUT2D eigenvalue weighted by atomic mass is 10.1. The maximum atomic E-state index is 12.4. The fourth-order valence-corrected chi connectivity index (χ4v) is 4.03. The van der Waals surface area contributed by atoms with E-state index < -0.39 is 40.8 Å². The van der Waals surface area contributed by atoms with Crippen LogP contribution in [-0.4, -0.2) is 50.3 Å². The number of nitrogens with two attached hydrogens (primary N) is 1. The molecule has 0 aliphatic carbocycles. The van der Waals surface area contributed by atoms with Gasteiger partial charge in [0.25, 0.3) is 5.56 Å². The number of H-pyrrole nitrogens is 1. The molecule has 2 aliphatic heterocycles. The van der Waals surface area contributed by atoms with Crippen LogP contribution in [0.5, 0.6) is 0 Å². The maximum Gasteiger partial charge on any atom is 0.311 e. The second kappa shape index (κ2) is 5.10. The average Bonchev–Trinajstić information content (AvgIpc) is 3.07. The van der Waals surface area contributed by atoms with Crippen LogP contribution in [-0.2, 0) is 14.2 Å². The van der Waals surface area contributed by atoms with E-state index in [0.29, 0.717) is 0 Å². The summed E-state index contributed by atoms with van der Waals surface area (Å²) >= 11 is 0.751. The highest BCUT2D eigenvalue weighted by molar-refractivity contribution is 7.16. The summed E-state index contributed by atoms with van der Waals surface area (Å²) in [6, 6.07) is 0. The third kappa shape index (κ3) is 2.20. The van der Waals surface area contributed by atoms with E-state index in [1.165, 1.54) is 4.57 Å². The second-order valence-corrected chi connectivity index (χ2v) is 7.12. The van der Waals surface area contributed by atoms with Gasteiger partial charge in [0, 0.05) is 0 Å². The molecular weight excluding hydrogens is 340 g/mol. The fraction of sp³-hybridized carbons (Fsp3) is 0.615. The Morgan fingerprint density at radius 1 is 1.38 bits per heavy atom. The van der Waals surface area contributed by atoms with Gasteiger partial charge in [-0.3, -0.25) is 19.1 Å². The summed E-state index contributed by atoms with van der Waals surface area (Å²) in [5, 5.41) is 9.53. The number of aromatic nitrogens is 3. The van der Waals surface area contributed by atoms with Crippen LogP contribution in [0.1, 0.15) is 20.1 Å². The van der Waals surface area contributed by atoms with Gasteiger partial charge in [-0.05, 0) is 13.8 Å². The zero-order valence-electron chi connectivity index (χ0n) is 12.9. The van der Waals surface area contributed by atoms with Crippen LogP contribution >= 0.6 is 11.3 Å². The van der Waals surface area contributed by atoms with Gasteiger partial charge < -0.3 is 25.1 Å². The van der Waals surface area contributed by atoms with Crippen molar-refractivity contribution in [3.05, 3.63) is 20.0 Å². The quantitative estimate of drug-likeness (QED) is 0.631. The predicted molar refractivity (Wildman–Crippen MR) is 83.7 cm³/mol. The van der Waals surface area contributed by atoms with Crippen LogP contribution in [0, 0.1) is 0 Å². The number of aliphatic hydroxyl groups excluding tert-OH is 1. The monoisotopic (exact) mass is 356 g/mol. The van der Waals surface area contributed by atoms with E-state index in [4.69, 9.17) is 19.9 Å². The first-order valence-electron chi connectivity index (χ1n) is 7.33. The van der Waals surface area contributed by atoms with Gasteiger partial charge in [-0.25, -0.2) is 0 Å². The number of fused-ring (bicyclic) bond motifs is 2. The van der Waals surface area contributed by atoms with Gasteiger partial charge in [-0.2, -0.15) is 4.98 Å². The number of thiazole rings is 1. The number of nitrogens with one attached hydrogen (secondary N) is 1. The molecule has 11 heteroatoms. The van der Waals surface area contributed by atoms with E-state index in [0.717, 1.165) is 11.3 Å². The highest BCUT2D eigenvalue weighted by Crippen LogP contribution is 2.43. The number of hydrogen-bond acceptors (Lipinski definition) is 9. The summed E-state index contributed by atoms with van der Waals surface area (Å²) in [6.45, 7) is 3.20. The Hall–Kier alpha value is -1.79. The number of anilines is 1. The average molecular weight is 356 g/mol. The van der Waals surface area contributed by atoms with E-state index >= 15 is 0 Å². The Labute approximate surface area is 138 Å². The Balaban J connectivity index is 1.87. The van der Waals surface area contributed by atoms with Crippen LogP contribution in [0.25, 0.3) is 10.3 Å². The van der Waals surface area contributed by atoms with E-state index in [1.54, 1.807) is 13.8 Å². The van der Waals surface area contributed by atoms with Gasteiger partial charge in [-0.1, -0.05) is 11.3 Å². The molecule has 130 valence electrons. The molecule has 0 saturated carbocycles. The lowest BCUT2D eigenvalue weighted by molar-refractivity contribution is -0.199. The minimum absolute atomic E-state index is 0.101. The Morgan fingerprint density at radius 2 is 2.08 bits per heavy atom. The van der Waals surface area contributed by atoms with Gasteiger partial charge in [0.15, 0.2) is 17.7 Å². The van der Waals surface area contributed by atoms with Crippen LogP contribution in [0.2, 0.25) is 0 Å². The van der Waals surface area contributed by atoms with E-state index in [-0.39, 0.29) is 22.9 Å². The van der Waals surface area contributed by atoms with Crippen molar-refractivity contribution in [2.24, 2.45) is 0 Å². The van der Waals surface area contributed by atoms with Crippen LogP contribution < -0.4 is 16.2 Å². The van der Waals surface area contributed by atoms with Gasteiger partial charge >= 0.3 is 4.87 Å². The van der Waals surface area contributed by atoms with Crippen molar-refractivity contribution in [3.63, 3.8) is 0 Å². The SMILES string of the molecule is CC1(C)OC2C(CO)OC(n3c(=O)sc4c(=O)[nH]c(N)nc43)C2O1. The molecule has 2 fully saturated rings. The number of aromatic amines is 1. The number of aliphatic hydroxyl groups is 1. The first-order valence-corrected chi connectivity index (χ1v) is 8.15. The van der Waals surface area contributed by atoms with Crippen molar-refractivity contribution in [3.8, 4) is 0 Å². The molecule has 4 N–H and O–H groups in total. The molecule has 2 aliphatic rings. The van der Waals surface area contributed by atoms with Crippen LogP contribution in [0.3, 0.4) is 0 Å². The maximum absolute atomic E-state index is 12.4. The molecule has 4 rings (SSSR count). The van der Waals surface area contributed by atoms with Crippen LogP contribution in [0.4, 0.5) is 5.95 Å². The molecule has 0 radical (unpaired) electrons. The number of nitrogen functional groups attached to an aromatic ring is 1. The van der Waals surface area contributed by atoms with Crippen molar-refractivity contribution in [2.75, 3.05) is 12.3 Å². The summed E-state index contributed by atoms with van der Waals surface area (Å²) in [7, 11) is 0. The van der Waals surface area contributed by atoms with Crippen molar-refractivity contribution in [1.29, 1.82) is 0 Å². The molecule has 2 aromatic heterocycles. The number of rotatable bonds is 2. The minimum atomic E-state index is -0.871. The molecule has 0 spiro atoms. The minimum Gasteiger partial charge on any atom is -0.394 e. The summed E-state index contributed by atoms with van der Waals surface area (Å²) < 4.78 is 18.8. The molecule has 10 nitrogen and oxygen atoms in total. The third-order valence-electron chi connectivity index (χ3n) is 4.05. The van der Waals surface area contributed by atoms with Crippen molar-refractivity contribution >= 4 is 27.6 Å². The second-order valence-electron chi connectivity index (χ2n) is 6.15. The van der Waals surface area contributed by atoms with Gasteiger partial charge in [0.05, 0.1) is 6.61 Å². The predicted octanol–water partition coefficient (Wildman–Crippen LogP) is -0.862. The zero-order chi connectivity index (χ0) is 17.2. The summed E-state index contributed by atoms with van der Waals surface area (Å²) in [5.41, 5.74) is 5.23. The molecule has 0 amide bonds. The Bertz CT molecular complexity index is 917. The lowest BCUT2D eigenvalue weighted by Crippen LogP contribution is -2.32. The highest BCUT2D eigenvalue weighted by atomic mass is 32.1. The van der Waals surface area contributed by atoms with Gasteiger partial charge in [-0.15, -0.1) is 0 Å². The molecule has 4 heterocycles. The molecule has 0 bridgehead atoms. The third-order valence-corrected chi connectivity index (χ3v) is 4.99. The normalized spacial score (nSPS) is 31.6. The molecule has 0 aromatic carbocycles. The number of ether oxygens (including phenoxy) is 3. The number of hydrogen-bond donors (Lipinski definition) is 3. The first kappa shape index (κ1) is 15.7. The highest BCUT2D eigenvalue weighted by Gasteiger charge is 2.56. The molecule has 24 heavy (non-hydrogen) atoms. The summed E-state index contributed by atoms with van der Waals surface area (Å²) in [6.07, 6.45) is -2.67. The van der Waals surface area contributed by atoms with Crippen molar-refractivity contribution < 1.29 is 19.3 Å². The fourth-order valence-electron chi connectivity index (χ4n) is 3.18. The molecule has 2 saturated heterocycles.